The lowest BCUT2D eigenvalue weighted by Crippen LogP contribution is -1.98. The summed E-state index contributed by atoms with van der Waals surface area (Å²) in [6.07, 6.45) is 0.706. The molecule has 0 aliphatic carbocycles. The van der Waals surface area contributed by atoms with E-state index in [0.29, 0.717) is 11.8 Å². The number of rotatable bonds is 2. The van der Waals surface area contributed by atoms with E-state index in [1.54, 1.807) is 10.7 Å². The van der Waals surface area contributed by atoms with E-state index in [1.807, 2.05) is 13.8 Å². The molecule has 0 saturated heterocycles. The number of hydrogen-bond donors (Lipinski definition) is 0. The van der Waals surface area contributed by atoms with E-state index in [0.717, 1.165) is 23.3 Å². The molecule has 0 aliphatic rings. The first-order valence-electron chi connectivity index (χ1n) is 4.66. The molecule has 0 aromatic carbocycles. The normalized spacial score (nSPS) is 10.9. The zero-order valence-electron chi connectivity index (χ0n) is 8.49. The third-order valence-electron chi connectivity index (χ3n) is 2.31. The molecule has 2 heterocycles. The Labute approximate surface area is 91.9 Å². The molecule has 0 amide bonds. The van der Waals surface area contributed by atoms with Gasteiger partial charge in [0.2, 0.25) is 0 Å². The number of aromatic nitrogens is 3. The summed E-state index contributed by atoms with van der Waals surface area (Å²) in [7, 11) is 0. The van der Waals surface area contributed by atoms with Gasteiger partial charge >= 0.3 is 0 Å². The van der Waals surface area contributed by atoms with Gasteiger partial charge in [0.1, 0.15) is 5.15 Å². The molecule has 2 aromatic heterocycles. The highest BCUT2D eigenvalue weighted by Crippen LogP contribution is 2.21. The molecule has 2 rings (SSSR count). The highest BCUT2D eigenvalue weighted by Gasteiger charge is 2.11. The Balaban J connectivity index is 2.82. The van der Waals surface area contributed by atoms with E-state index in [9.17, 15) is 4.79 Å². The zero-order chi connectivity index (χ0) is 11.0. The van der Waals surface area contributed by atoms with Gasteiger partial charge < -0.3 is 0 Å². The lowest BCUT2D eigenvalue weighted by atomic mass is 10.2. The van der Waals surface area contributed by atoms with Crippen LogP contribution in [0.2, 0.25) is 5.15 Å². The molecule has 4 nitrogen and oxygen atoms in total. The zero-order valence-corrected chi connectivity index (χ0v) is 9.25. The maximum absolute atomic E-state index is 10.7. The van der Waals surface area contributed by atoms with Crippen LogP contribution in [0, 0.1) is 6.92 Å². The predicted octanol–water partition coefficient (Wildman–Crippen LogP) is 2.23. The van der Waals surface area contributed by atoms with Crippen LogP contribution >= 0.6 is 11.6 Å². The fraction of sp³-hybridized carbons (Fsp3) is 0.300. The van der Waals surface area contributed by atoms with Crippen molar-refractivity contribution in [2.75, 3.05) is 0 Å². The van der Waals surface area contributed by atoms with E-state index in [1.165, 1.54) is 0 Å². The number of fused-ring (bicyclic) bond motifs is 1. The minimum absolute atomic E-state index is 0.229. The standard InChI is InChI=1S/C10H10ClN3O/c1-3-14-10-8(6(2)13-14)4-7(5-15)9(11)12-10/h4-5H,3H2,1-2H3. The summed E-state index contributed by atoms with van der Waals surface area (Å²) < 4.78 is 1.77. The van der Waals surface area contributed by atoms with E-state index in [4.69, 9.17) is 11.6 Å². The van der Waals surface area contributed by atoms with Gasteiger partial charge in [-0.1, -0.05) is 11.6 Å². The van der Waals surface area contributed by atoms with Crippen LogP contribution in [0.5, 0.6) is 0 Å². The molecule has 0 bridgehead atoms. The van der Waals surface area contributed by atoms with E-state index in [-0.39, 0.29) is 5.15 Å². The van der Waals surface area contributed by atoms with Crippen LogP contribution in [0.4, 0.5) is 0 Å². The molecule has 0 fully saturated rings. The Morgan fingerprint density at radius 3 is 2.93 bits per heavy atom. The molecule has 0 atom stereocenters. The molecule has 5 heteroatoms. The van der Waals surface area contributed by atoms with Gasteiger partial charge in [-0.3, -0.25) is 4.79 Å². The Kier molecular flexibility index (Phi) is 2.44. The Morgan fingerprint density at radius 1 is 1.60 bits per heavy atom. The summed E-state index contributed by atoms with van der Waals surface area (Å²) in [6.45, 7) is 4.60. The number of carbonyl (C=O) groups is 1. The molecule has 0 aliphatic heterocycles. The van der Waals surface area contributed by atoms with Gasteiger partial charge in [-0.15, -0.1) is 0 Å². The predicted molar refractivity (Wildman–Crippen MR) is 58.3 cm³/mol. The number of nitrogens with zero attached hydrogens (tertiary/aromatic N) is 3. The smallest absolute Gasteiger partial charge is 0.159 e. The van der Waals surface area contributed by atoms with E-state index in [2.05, 4.69) is 10.1 Å². The minimum Gasteiger partial charge on any atom is -0.298 e. The summed E-state index contributed by atoms with van der Waals surface area (Å²) in [6, 6.07) is 1.73. The fourth-order valence-electron chi connectivity index (χ4n) is 1.55. The molecule has 0 spiro atoms. The van der Waals surface area contributed by atoms with Crippen molar-refractivity contribution < 1.29 is 4.79 Å². The Bertz CT molecular complexity index is 533. The third-order valence-corrected chi connectivity index (χ3v) is 2.62. The first-order chi connectivity index (χ1) is 7.17. The van der Waals surface area contributed by atoms with Crippen LogP contribution in [-0.4, -0.2) is 21.1 Å². The second kappa shape index (κ2) is 3.62. The van der Waals surface area contributed by atoms with Crippen molar-refractivity contribution >= 4 is 28.9 Å². The molecule has 0 radical (unpaired) electrons. The largest absolute Gasteiger partial charge is 0.298 e. The van der Waals surface area contributed by atoms with Gasteiger partial charge in [0.15, 0.2) is 11.9 Å². The second-order valence-corrected chi connectivity index (χ2v) is 3.62. The maximum atomic E-state index is 10.7. The van der Waals surface area contributed by atoms with Crippen LogP contribution in [0.15, 0.2) is 6.07 Å². The summed E-state index contributed by atoms with van der Waals surface area (Å²) in [4.78, 5) is 14.9. The van der Waals surface area contributed by atoms with Crippen LogP contribution in [0.25, 0.3) is 11.0 Å². The van der Waals surface area contributed by atoms with Crippen LogP contribution in [-0.2, 0) is 6.54 Å². The molecular formula is C10H10ClN3O. The van der Waals surface area contributed by atoms with Gasteiger partial charge in [0, 0.05) is 11.9 Å². The number of halogens is 1. The van der Waals surface area contributed by atoms with Gasteiger partial charge in [0.25, 0.3) is 0 Å². The molecule has 15 heavy (non-hydrogen) atoms. The van der Waals surface area contributed by atoms with Crippen molar-refractivity contribution in [1.29, 1.82) is 0 Å². The monoisotopic (exact) mass is 223 g/mol. The van der Waals surface area contributed by atoms with Crippen molar-refractivity contribution in [1.82, 2.24) is 14.8 Å². The average molecular weight is 224 g/mol. The molecule has 0 N–H and O–H groups in total. The SMILES string of the molecule is CCn1nc(C)c2cc(C=O)c(Cl)nc21. The van der Waals surface area contributed by atoms with Crippen LogP contribution < -0.4 is 0 Å². The van der Waals surface area contributed by atoms with Crippen LogP contribution in [0.1, 0.15) is 23.0 Å². The van der Waals surface area contributed by atoms with Crippen molar-refractivity contribution in [3.63, 3.8) is 0 Å². The average Bonchev–Trinajstić information content (AvgIpc) is 2.54. The van der Waals surface area contributed by atoms with Gasteiger partial charge in [-0.2, -0.15) is 5.10 Å². The summed E-state index contributed by atoms with van der Waals surface area (Å²) in [5, 5.41) is 5.41. The van der Waals surface area contributed by atoms with Gasteiger partial charge in [-0.05, 0) is 19.9 Å². The summed E-state index contributed by atoms with van der Waals surface area (Å²) in [5.41, 5.74) is 1.99. The number of pyridine rings is 1. The van der Waals surface area contributed by atoms with Crippen molar-refractivity contribution in [2.24, 2.45) is 0 Å². The number of aldehydes is 1. The first-order valence-corrected chi connectivity index (χ1v) is 5.04. The number of aryl methyl sites for hydroxylation is 2. The quantitative estimate of drug-likeness (QED) is 0.580. The second-order valence-electron chi connectivity index (χ2n) is 3.26. The maximum Gasteiger partial charge on any atom is 0.159 e. The van der Waals surface area contributed by atoms with Crippen molar-refractivity contribution in [3.05, 3.63) is 22.5 Å². The summed E-state index contributed by atoms with van der Waals surface area (Å²) in [5.74, 6) is 0. The fourth-order valence-corrected chi connectivity index (χ4v) is 1.72. The Morgan fingerprint density at radius 2 is 2.33 bits per heavy atom. The minimum atomic E-state index is 0.229. The van der Waals surface area contributed by atoms with Gasteiger partial charge in [0.05, 0.1) is 11.3 Å². The molecule has 78 valence electrons. The highest BCUT2D eigenvalue weighted by atomic mass is 35.5. The summed E-state index contributed by atoms with van der Waals surface area (Å²) >= 11 is 5.86. The lowest BCUT2D eigenvalue weighted by Gasteiger charge is -1.99. The topological polar surface area (TPSA) is 47.8 Å². The Hall–Kier alpha value is -1.42. The van der Waals surface area contributed by atoms with E-state index < -0.39 is 0 Å². The first kappa shape index (κ1) is 10.1. The molecular weight excluding hydrogens is 214 g/mol. The number of hydrogen-bond acceptors (Lipinski definition) is 3. The molecule has 0 saturated carbocycles. The molecule has 2 aromatic rings. The lowest BCUT2D eigenvalue weighted by molar-refractivity contribution is 0.112. The molecule has 0 unspecified atom stereocenters. The van der Waals surface area contributed by atoms with Crippen molar-refractivity contribution in [2.45, 2.75) is 20.4 Å². The number of carbonyl (C=O) groups excluding carboxylic acids is 1. The van der Waals surface area contributed by atoms with Gasteiger partial charge in [-0.25, -0.2) is 9.67 Å². The van der Waals surface area contributed by atoms with E-state index >= 15 is 0 Å². The third kappa shape index (κ3) is 1.51. The van der Waals surface area contributed by atoms with Crippen LogP contribution in [0.3, 0.4) is 0 Å². The van der Waals surface area contributed by atoms with Crippen molar-refractivity contribution in [3.8, 4) is 0 Å². The highest BCUT2D eigenvalue weighted by molar-refractivity contribution is 6.32.